The number of benzene rings is 2. The van der Waals surface area contributed by atoms with Crippen LogP contribution >= 0.6 is 0 Å². The van der Waals surface area contributed by atoms with E-state index in [0.29, 0.717) is 17.4 Å². The maximum Gasteiger partial charge on any atom is 0.243 e. The highest BCUT2D eigenvalue weighted by Crippen LogP contribution is 2.28. The minimum absolute atomic E-state index is 0.122. The maximum atomic E-state index is 13.2. The fraction of sp³-hybridized carbons (Fsp3) is 0.500. The zero-order valence-corrected chi connectivity index (χ0v) is 20.2. The topological polar surface area (TPSA) is 66.9 Å². The highest BCUT2D eigenvalue weighted by molar-refractivity contribution is 7.89. The van der Waals surface area contributed by atoms with Gasteiger partial charge in [0, 0.05) is 26.2 Å². The van der Waals surface area contributed by atoms with Crippen molar-refractivity contribution in [3.63, 3.8) is 0 Å². The average Bonchev–Trinajstić information content (AvgIpc) is 2.88. The smallest absolute Gasteiger partial charge is 0.243 e. The number of carbonyl (C=O) groups is 1. The Labute approximate surface area is 197 Å². The fourth-order valence-corrected chi connectivity index (χ4v) is 6.51. The van der Waals surface area contributed by atoms with E-state index >= 15 is 0 Å². The maximum absolute atomic E-state index is 13.2. The predicted octanol–water partition coefficient (Wildman–Crippen LogP) is 3.97. The summed E-state index contributed by atoms with van der Waals surface area (Å²) in [5.41, 5.74) is 1.32. The van der Waals surface area contributed by atoms with Crippen LogP contribution in [-0.4, -0.2) is 56.8 Å². The van der Waals surface area contributed by atoms with Crippen molar-refractivity contribution in [1.82, 2.24) is 9.21 Å². The molecule has 2 aromatic carbocycles. The number of amides is 1. The molecule has 1 unspecified atom stereocenters. The Hall–Kier alpha value is -2.38. The number of aryl methyl sites for hydroxylation is 1. The molecule has 2 heterocycles. The van der Waals surface area contributed by atoms with Gasteiger partial charge in [-0.05, 0) is 74.3 Å². The van der Waals surface area contributed by atoms with Gasteiger partial charge in [-0.25, -0.2) is 8.42 Å². The molecule has 4 rings (SSSR count). The first-order valence-corrected chi connectivity index (χ1v) is 13.4. The number of hydrogen-bond acceptors (Lipinski definition) is 4. The first kappa shape index (κ1) is 23.8. The molecule has 2 aromatic rings. The summed E-state index contributed by atoms with van der Waals surface area (Å²) in [5, 5.41) is 0. The highest BCUT2D eigenvalue weighted by Gasteiger charge is 2.35. The lowest BCUT2D eigenvalue weighted by Crippen LogP contribution is -2.48. The lowest BCUT2D eigenvalue weighted by Gasteiger charge is -2.37. The normalized spacial score (nSPS) is 20.5. The number of sulfonamides is 1. The van der Waals surface area contributed by atoms with Crippen LogP contribution in [0.1, 0.15) is 37.7 Å². The molecule has 1 amide bonds. The van der Waals surface area contributed by atoms with Crippen LogP contribution in [0.3, 0.4) is 0 Å². The number of piperidine rings is 2. The van der Waals surface area contributed by atoms with Crippen molar-refractivity contribution in [2.24, 2.45) is 11.8 Å². The Morgan fingerprint density at radius 3 is 2.33 bits per heavy atom. The van der Waals surface area contributed by atoms with E-state index in [2.05, 4.69) is 12.1 Å². The first-order chi connectivity index (χ1) is 16.0. The molecule has 1 atom stereocenters. The lowest BCUT2D eigenvalue weighted by molar-refractivity contribution is -0.138. The zero-order chi connectivity index (χ0) is 23.3. The van der Waals surface area contributed by atoms with Crippen LogP contribution in [0.4, 0.5) is 0 Å². The van der Waals surface area contributed by atoms with Gasteiger partial charge in [-0.2, -0.15) is 4.31 Å². The molecule has 0 radical (unpaired) electrons. The van der Waals surface area contributed by atoms with Crippen molar-refractivity contribution in [3.05, 3.63) is 60.2 Å². The summed E-state index contributed by atoms with van der Waals surface area (Å²) >= 11 is 0. The minimum Gasteiger partial charge on any atom is -0.497 e. The molecule has 2 aliphatic rings. The SMILES string of the molecule is COc1ccc(CCC2CCN(C(=O)C3CCCN(S(=O)(=O)c4ccccc4)C3)CC2)cc1. The monoisotopic (exact) mass is 470 g/mol. The largest absolute Gasteiger partial charge is 0.497 e. The molecule has 0 saturated carbocycles. The molecule has 0 spiro atoms. The minimum atomic E-state index is -3.55. The van der Waals surface area contributed by atoms with Crippen molar-refractivity contribution in [2.45, 2.75) is 43.4 Å². The van der Waals surface area contributed by atoms with Gasteiger partial charge >= 0.3 is 0 Å². The molecule has 6 nitrogen and oxygen atoms in total. The highest BCUT2D eigenvalue weighted by atomic mass is 32.2. The van der Waals surface area contributed by atoms with Gasteiger partial charge in [0.25, 0.3) is 0 Å². The molecule has 0 N–H and O–H groups in total. The summed E-state index contributed by atoms with van der Waals surface area (Å²) in [6, 6.07) is 16.8. The summed E-state index contributed by atoms with van der Waals surface area (Å²) < 4.78 is 32.7. The number of rotatable bonds is 7. The van der Waals surface area contributed by atoms with Crippen LogP contribution in [0.15, 0.2) is 59.5 Å². The molecule has 33 heavy (non-hydrogen) atoms. The Bertz CT molecular complexity index is 1020. The van der Waals surface area contributed by atoms with E-state index in [1.165, 1.54) is 9.87 Å². The van der Waals surface area contributed by atoms with Gasteiger partial charge in [0.15, 0.2) is 0 Å². The van der Waals surface area contributed by atoms with E-state index in [1.54, 1.807) is 31.4 Å². The third kappa shape index (κ3) is 5.76. The van der Waals surface area contributed by atoms with Gasteiger partial charge in [0.2, 0.25) is 15.9 Å². The van der Waals surface area contributed by atoms with Crippen molar-refractivity contribution in [1.29, 1.82) is 0 Å². The van der Waals surface area contributed by atoms with E-state index in [4.69, 9.17) is 4.74 Å². The number of likely N-dealkylation sites (tertiary alicyclic amines) is 1. The predicted molar refractivity (Wildman–Crippen MR) is 129 cm³/mol. The van der Waals surface area contributed by atoms with Gasteiger partial charge in [-0.1, -0.05) is 30.3 Å². The first-order valence-electron chi connectivity index (χ1n) is 11.9. The van der Waals surface area contributed by atoms with Crippen LogP contribution in [-0.2, 0) is 21.2 Å². The van der Waals surface area contributed by atoms with Crippen LogP contribution in [0.2, 0.25) is 0 Å². The van der Waals surface area contributed by atoms with Gasteiger partial charge in [-0.15, -0.1) is 0 Å². The van der Waals surface area contributed by atoms with E-state index < -0.39 is 10.0 Å². The molecule has 0 aliphatic carbocycles. The summed E-state index contributed by atoms with van der Waals surface area (Å²) in [7, 11) is -1.87. The fourth-order valence-electron chi connectivity index (χ4n) is 4.97. The standard InChI is InChI=1S/C26H34N2O4S/c1-32-24-13-11-21(12-14-24)9-10-22-15-18-27(19-16-22)26(29)23-6-5-17-28(20-23)33(30,31)25-7-3-2-4-8-25/h2-4,7-8,11-14,22-23H,5-6,9-10,15-20H2,1H3. The van der Waals surface area contributed by atoms with E-state index in [1.807, 2.05) is 23.1 Å². The molecular formula is C26H34N2O4S. The summed E-state index contributed by atoms with van der Waals surface area (Å²) in [5.74, 6) is 1.38. The Kier molecular flexibility index (Phi) is 7.71. The lowest BCUT2D eigenvalue weighted by atomic mass is 9.89. The molecule has 7 heteroatoms. The molecule has 2 aliphatic heterocycles. The summed E-state index contributed by atoms with van der Waals surface area (Å²) in [6.45, 7) is 2.31. The molecule has 0 aromatic heterocycles. The number of hydrogen-bond donors (Lipinski definition) is 0. The Morgan fingerprint density at radius 1 is 0.970 bits per heavy atom. The quantitative estimate of drug-likeness (QED) is 0.614. The number of nitrogens with zero attached hydrogens (tertiary/aromatic N) is 2. The summed E-state index contributed by atoms with van der Waals surface area (Å²) in [4.78, 5) is 15.5. The van der Waals surface area contributed by atoms with E-state index in [0.717, 1.165) is 57.4 Å². The average molecular weight is 471 g/mol. The molecule has 178 valence electrons. The molecular weight excluding hydrogens is 436 g/mol. The van der Waals surface area contributed by atoms with Gasteiger partial charge < -0.3 is 9.64 Å². The number of methoxy groups -OCH3 is 1. The van der Waals surface area contributed by atoms with Crippen molar-refractivity contribution in [2.75, 3.05) is 33.3 Å². The van der Waals surface area contributed by atoms with Gasteiger partial charge in [0.05, 0.1) is 17.9 Å². The van der Waals surface area contributed by atoms with E-state index in [9.17, 15) is 13.2 Å². The Morgan fingerprint density at radius 2 is 1.67 bits per heavy atom. The van der Waals surface area contributed by atoms with Crippen LogP contribution in [0.25, 0.3) is 0 Å². The van der Waals surface area contributed by atoms with Crippen molar-refractivity contribution in [3.8, 4) is 5.75 Å². The molecule has 2 fully saturated rings. The third-order valence-electron chi connectivity index (χ3n) is 7.04. The second-order valence-electron chi connectivity index (χ2n) is 9.17. The number of carbonyl (C=O) groups excluding carboxylic acids is 1. The van der Waals surface area contributed by atoms with Gasteiger partial charge in [0.1, 0.15) is 5.75 Å². The summed E-state index contributed by atoms with van der Waals surface area (Å²) in [6.07, 6.45) is 5.68. The van der Waals surface area contributed by atoms with Crippen molar-refractivity contribution >= 4 is 15.9 Å². The molecule has 0 bridgehead atoms. The van der Waals surface area contributed by atoms with Crippen LogP contribution < -0.4 is 4.74 Å². The van der Waals surface area contributed by atoms with Crippen LogP contribution in [0, 0.1) is 11.8 Å². The molecule has 2 saturated heterocycles. The zero-order valence-electron chi connectivity index (χ0n) is 19.4. The second kappa shape index (κ2) is 10.7. The number of ether oxygens (including phenoxy) is 1. The van der Waals surface area contributed by atoms with E-state index in [-0.39, 0.29) is 18.4 Å². The van der Waals surface area contributed by atoms with Gasteiger partial charge in [-0.3, -0.25) is 4.79 Å². The van der Waals surface area contributed by atoms with Crippen LogP contribution in [0.5, 0.6) is 5.75 Å². The Balaban J connectivity index is 1.27. The van der Waals surface area contributed by atoms with Crippen molar-refractivity contribution < 1.29 is 17.9 Å². The second-order valence-corrected chi connectivity index (χ2v) is 11.1. The third-order valence-corrected chi connectivity index (χ3v) is 8.92.